The molecule has 1 N–H and O–H groups in total. The molecule has 124 valence electrons. The summed E-state index contributed by atoms with van der Waals surface area (Å²) < 4.78 is 5.32. The molecule has 0 spiro atoms. The third kappa shape index (κ3) is 3.05. The van der Waals surface area contributed by atoms with Crippen LogP contribution in [0.4, 0.5) is 0 Å². The molecule has 3 unspecified atom stereocenters. The lowest BCUT2D eigenvalue weighted by molar-refractivity contribution is -0.145. The van der Waals surface area contributed by atoms with E-state index in [9.17, 15) is 9.59 Å². The molecule has 3 heterocycles. The van der Waals surface area contributed by atoms with Gasteiger partial charge in [0.15, 0.2) is 0 Å². The molecule has 3 aliphatic heterocycles. The van der Waals surface area contributed by atoms with Gasteiger partial charge in [-0.2, -0.15) is 0 Å². The molecule has 0 aliphatic carbocycles. The molecule has 3 fully saturated rings. The van der Waals surface area contributed by atoms with Crippen molar-refractivity contribution in [3.63, 3.8) is 0 Å². The van der Waals surface area contributed by atoms with Gasteiger partial charge in [0.1, 0.15) is 0 Å². The first-order valence-corrected chi connectivity index (χ1v) is 8.61. The lowest BCUT2D eigenvalue weighted by atomic mass is 9.95. The van der Waals surface area contributed by atoms with E-state index >= 15 is 0 Å². The predicted molar refractivity (Wildman–Crippen MR) is 82.3 cm³/mol. The quantitative estimate of drug-likeness (QED) is 0.787. The van der Waals surface area contributed by atoms with Crippen molar-refractivity contribution >= 4 is 11.8 Å². The summed E-state index contributed by atoms with van der Waals surface area (Å²) >= 11 is 0. The fourth-order valence-corrected chi connectivity index (χ4v) is 4.03. The SMILES string of the molecule is CCCC1C(=O)N(C(=O)CCN2CCOCC2)C2CCNC12. The molecular weight excluding hydrogens is 282 g/mol. The minimum atomic E-state index is -0.00941. The number of hydrogen-bond acceptors (Lipinski definition) is 5. The number of likely N-dealkylation sites (tertiary alicyclic amines) is 1. The van der Waals surface area contributed by atoms with Crippen LogP contribution in [0, 0.1) is 5.92 Å². The number of nitrogens with zero attached hydrogens (tertiary/aromatic N) is 2. The van der Waals surface area contributed by atoms with Gasteiger partial charge in [-0.1, -0.05) is 13.3 Å². The van der Waals surface area contributed by atoms with Crippen LogP contribution in [0.15, 0.2) is 0 Å². The number of morpholine rings is 1. The monoisotopic (exact) mass is 309 g/mol. The number of ether oxygens (including phenoxy) is 1. The Kier molecular flexibility index (Phi) is 5.10. The molecule has 0 aromatic rings. The Bertz CT molecular complexity index is 423. The zero-order valence-electron chi connectivity index (χ0n) is 13.4. The van der Waals surface area contributed by atoms with Gasteiger partial charge in [0.2, 0.25) is 11.8 Å². The second-order valence-electron chi connectivity index (χ2n) is 6.54. The Morgan fingerprint density at radius 3 is 2.86 bits per heavy atom. The highest BCUT2D eigenvalue weighted by atomic mass is 16.5. The predicted octanol–water partition coefficient (Wildman–Crippen LogP) is 0.224. The van der Waals surface area contributed by atoms with Crippen LogP contribution in [-0.2, 0) is 14.3 Å². The highest BCUT2D eigenvalue weighted by Gasteiger charge is 2.51. The van der Waals surface area contributed by atoms with E-state index < -0.39 is 0 Å². The van der Waals surface area contributed by atoms with Crippen LogP contribution >= 0.6 is 0 Å². The van der Waals surface area contributed by atoms with E-state index in [1.807, 2.05) is 0 Å². The van der Waals surface area contributed by atoms with Crippen molar-refractivity contribution < 1.29 is 14.3 Å². The Hall–Kier alpha value is -0.980. The zero-order valence-corrected chi connectivity index (χ0v) is 13.4. The molecule has 3 atom stereocenters. The summed E-state index contributed by atoms with van der Waals surface area (Å²) in [5, 5.41) is 3.43. The Morgan fingerprint density at radius 1 is 1.36 bits per heavy atom. The van der Waals surface area contributed by atoms with Crippen LogP contribution in [0.5, 0.6) is 0 Å². The molecule has 3 rings (SSSR count). The van der Waals surface area contributed by atoms with Crippen molar-refractivity contribution in [2.75, 3.05) is 39.4 Å². The van der Waals surface area contributed by atoms with E-state index in [0.717, 1.165) is 58.7 Å². The van der Waals surface area contributed by atoms with E-state index in [1.165, 1.54) is 0 Å². The molecule has 0 bridgehead atoms. The van der Waals surface area contributed by atoms with E-state index in [-0.39, 0.29) is 29.8 Å². The molecule has 6 nitrogen and oxygen atoms in total. The highest BCUT2D eigenvalue weighted by molar-refractivity contribution is 5.99. The molecule has 0 radical (unpaired) electrons. The van der Waals surface area contributed by atoms with Crippen molar-refractivity contribution in [2.24, 2.45) is 5.92 Å². The fraction of sp³-hybridized carbons (Fsp3) is 0.875. The van der Waals surface area contributed by atoms with Crippen LogP contribution in [0.25, 0.3) is 0 Å². The molecule has 22 heavy (non-hydrogen) atoms. The van der Waals surface area contributed by atoms with Crippen LogP contribution in [0.3, 0.4) is 0 Å². The van der Waals surface area contributed by atoms with Crippen molar-refractivity contribution in [1.82, 2.24) is 15.1 Å². The van der Waals surface area contributed by atoms with E-state index in [1.54, 1.807) is 4.90 Å². The van der Waals surface area contributed by atoms with Gasteiger partial charge in [-0.3, -0.25) is 19.4 Å². The van der Waals surface area contributed by atoms with Crippen molar-refractivity contribution in [1.29, 1.82) is 0 Å². The van der Waals surface area contributed by atoms with E-state index in [4.69, 9.17) is 4.74 Å². The Balaban J connectivity index is 1.59. The van der Waals surface area contributed by atoms with Gasteiger partial charge in [-0.15, -0.1) is 0 Å². The molecule has 0 saturated carbocycles. The Labute approximate surface area is 132 Å². The standard InChI is InChI=1S/C16H27N3O3/c1-2-3-12-15-13(4-6-17-15)19(16(12)21)14(20)5-7-18-8-10-22-11-9-18/h12-13,15,17H,2-11H2,1H3. The topological polar surface area (TPSA) is 61.9 Å². The zero-order chi connectivity index (χ0) is 15.5. The minimum Gasteiger partial charge on any atom is -0.379 e. The number of carbonyl (C=O) groups is 2. The van der Waals surface area contributed by atoms with Crippen molar-refractivity contribution in [2.45, 2.75) is 44.7 Å². The largest absolute Gasteiger partial charge is 0.379 e. The maximum atomic E-state index is 12.6. The molecule has 0 aromatic carbocycles. The average Bonchev–Trinajstić information content (AvgIpc) is 3.09. The number of hydrogen-bond donors (Lipinski definition) is 1. The summed E-state index contributed by atoms with van der Waals surface area (Å²) in [7, 11) is 0. The first-order valence-electron chi connectivity index (χ1n) is 8.61. The number of carbonyl (C=O) groups excluding carboxylic acids is 2. The van der Waals surface area contributed by atoms with E-state index in [2.05, 4.69) is 17.1 Å². The molecule has 2 amide bonds. The maximum Gasteiger partial charge on any atom is 0.234 e. The van der Waals surface area contributed by atoms with Gasteiger partial charge in [0.05, 0.1) is 25.2 Å². The Morgan fingerprint density at radius 2 is 2.14 bits per heavy atom. The number of amides is 2. The smallest absolute Gasteiger partial charge is 0.234 e. The molecular formula is C16H27N3O3. The normalized spacial score (nSPS) is 32.5. The summed E-state index contributed by atoms with van der Waals surface area (Å²) in [5.41, 5.74) is 0. The number of nitrogens with one attached hydrogen (secondary N) is 1. The first-order chi connectivity index (χ1) is 10.7. The third-order valence-electron chi connectivity index (χ3n) is 5.17. The second kappa shape index (κ2) is 7.06. The fourth-order valence-electron chi connectivity index (χ4n) is 4.03. The molecule has 0 aromatic heterocycles. The number of rotatable bonds is 5. The lowest BCUT2D eigenvalue weighted by Gasteiger charge is -2.27. The average molecular weight is 309 g/mol. The molecule has 3 aliphatic rings. The summed E-state index contributed by atoms with van der Waals surface area (Å²) in [6, 6.07) is 0.265. The maximum absolute atomic E-state index is 12.6. The summed E-state index contributed by atoms with van der Waals surface area (Å²) in [4.78, 5) is 29.1. The van der Waals surface area contributed by atoms with Gasteiger partial charge >= 0.3 is 0 Å². The molecule has 3 saturated heterocycles. The van der Waals surface area contributed by atoms with Gasteiger partial charge in [0.25, 0.3) is 0 Å². The third-order valence-corrected chi connectivity index (χ3v) is 5.17. The first kappa shape index (κ1) is 15.9. The van der Waals surface area contributed by atoms with Crippen LogP contribution < -0.4 is 5.32 Å². The second-order valence-corrected chi connectivity index (χ2v) is 6.54. The van der Waals surface area contributed by atoms with Crippen LogP contribution in [-0.4, -0.2) is 73.1 Å². The minimum absolute atomic E-state index is 0.00814. The number of imide groups is 1. The lowest BCUT2D eigenvalue weighted by Crippen LogP contribution is -2.43. The van der Waals surface area contributed by atoms with Crippen LogP contribution in [0.1, 0.15) is 32.6 Å². The van der Waals surface area contributed by atoms with Crippen LogP contribution in [0.2, 0.25) is 0 Å². The highest BCUT2D eigenvalue weighted by Crippen LogP contribution is 2.34. The number of fused-ring (bicyclic) bond motifs is 1. The van der Waals surface area contributed by atoms with Gasteiger partial charge < -0.3 is 10.1 Å². The van der Waals surface area contributed by atoms with E-state index in [0.29, 0.717) is 6.42 Å². The van der Waals surface area contributed by atoms with Crippen molar-refractivity contribution in [3.05, 3.63) is 0 Å². The van der Waals surface area contributed by atoms with Crippen molar-refractivity contribution in [3.8, 4) is 0 Å². The summed E-state index contributed by atoms with van der Waals surface area (Å²) in [6.45, 7) is 6.99. The molecule has 6 heteroatoms. The summed E-state index contributed by atoms with van der Waals surface area (Å²) in [6.07, 6.45) is 3.20. The van der Waals surface area contributed by atoms with Gasteiger partial charge in [-0.25, -0.2) is 0 Å². The van der Waals surface area contributed by atoms with Gasteiger partial charge in [0, 0.05) is 32.1 Å². The van der Waals surface area contributed by atoms with Gasteiger partial charge in [-0.05, 0) is 19.4 Å². The summed E-state index contributed by atoms with van der Waals surface area (Å²) in [5.74, 6) is 0.0506.